The van der Waals surface area contributed by atoms with Gasteiger partial charge in [0.25, 0.3) is 0 Å². The fourth-order valence-corrected chi connectivity index (χ4v) is 9.48. The summed E-state index contributed by atoms with van der Waals surface area (Å²) in [5.74, 6) is -12.4. The summed E-state index contributed by atoms with van der Waals surface area (Å²) in [6, 6.07) is 24.0. The molecule has 21 heteroatoms. The maximum Gasteiger partial charge on any atom is 0.338 e. The lowest BCUT2D eigenvalue weighted by atomic mass is 9.83. The van der Waals surface area contributed by atoms with Gasteiger partial charge in [-0.05, 0) is 18.2 Å². The van der Waals surface area contributed by atoms with E-state index in [1.165, 1.54) is 54.6 Å². The number of carbonyl (C=O) groups excluding carboxylic acids is 9. The number of phenols is 6. The van der Waals surface area contributed by atoms with Crippen LogP contribution in [0.15, 0.2) is 109 Å². The van der Waals surface area contributed by atoms with Crippen molar-refractivity contribution in [2.45, 2.75) is 19.3 Å². The Hall–Kier alpha value is -10.8. The highest BCUT2D eigenvalue weighted by molar-refractivity contribution is 6.32. The summed E-state index contributed by atoms with van der Waals surface area (Å²) in [7, 11) is 0. The molecule has 10 rings (SSSR count). The number of hydrogen-bond acceptors (Lipinski definition) is 21. The molecule has 408 valence electrons. The molecule has 0 unspecified atom stereocenters. The van der Waals surface area contributed by atoms with Crippen LogP contribution in [0.2, 0.25) is 0 Å². The zero-order chi connectivity index (χ0) is 57.4. The Labute approximate surface area is 456 Å². The molecule has 0 bridgehead atoms. The minimum atomic E-state index is -1.04. The van der Waals surface area contributed by atoms with E-state index >= 15 is 0 Å². The van der Waals surface area contributed by atoms with E-state index in [0.717, 1.165) is 36.4 Å². The first-order valence-electron chi connectivity index (χ1n) is 24.8. The first-order chi connectivity index (χ1) is 39.0. The number of phenolic OH excluding ortho intramolecular Hbond substituents is 6. The molecule has 6 N–H and O–H groups in total. The second kappa shape index (κ2) is 21.9. The third-order valence-electron chi connectivity index (χ3n) is 13.3. The van der Waals surface area contributed by atoms with Crippen molar-refractivity contribution in [1.82, 2.24) is 0 Å². The summed E-state index contributed by atoms with van der Waals surface area (Å²) in [6.07, 6.45) is -0.136. The molecule has 0 heterocycles. The van der Waals surface area contributed by atoms with Crippen molar-refractivity contribution in [3.63, 3.8) is 0 Å². The van der Waals surface area contributed by atoms with Crippen LogP contribution < -0.4 is 14.2 Å². The van der Waals surface area contributed by atoms with Gasteiger partial charge in [0.2, 0.25) is 0 Å². The predicted octanol–water partition coefficient (Wildman–Crippen LogP) is 7.12. The molecular weight excluding hydrogens is 1060 g/mol. The zero-order valence-corrected chi connectivity index (χ0v) is 42.1. The molecule has 0 aliphatic heterocycles. The van der Waals surface area contributed by atoms with Gasteiger partial charge in [-0.15, -0.1) is 0 Å². The highest BCUT2D eigenvalue weighted by Crippen LogP contribution is 2.46. The summed E-state index contributed by atoms with van der Waals surface area (Å²) >= 11 is 0. The molecular formula is C60H42O21. The van der Waals surface area contributed by atoms with Crippen LogP contribution in [-0.4, -0.2) is 123 Å². The number of ether oxygens (including phenoxy) is 6. The second-order valence-corrected chi connectivity index (χ2v) is 18.4. The second-order valence-electron chi connectivity index (χ2n) is 18.4. The topological polar surface area (TPSA) is 330 Å². The summed E-state index contributed by atoms with van der Waals surface area (Å²) in [5.41, 5.74) is -2.86. The monoisotopic (exact) mass is 1100 g/mol. The van der Waals surface area contributed by atoms with E-state index in [1.807, 2.05) is 0 Å². The molecule has 3 aliphatic carbocycles. The lowest BCUT2D eigenvalue weighted by molar-refractivity contribution is 0.0482. The average molecular weight is 1100 g/mol. The van der Waals surface area contributed by atoms with Crippen LogP contribution in [0.5, 0.6) is 51.7 Å². The van der Waals surface area contributed by atoms with Crippen LogP contribution in [0.4, 0.5) is 0 Å². The van der Waals surface area contributed by atoms with Crippen molar-refractivity contribution in [1.29, 1.82) is 0 Å². The molecule has 0 saturated carbocycles. The van der Waals surface area contributed by atoms with Crippen LogP contribution >= 0.6 is 0 Å². The van der Waals surface area contributed by atoms with Gasteiger partial charge in [0, 0.05) is 70.8 Å². The van der Waals surface area contributed by atoms with Crippen molar-refractivity contribution in [2.75, 3.05) is 39.6 Å². The number of esters is 3. The van der Waals surface area contributed by atoms with E-state index in [0.29, 0.717) is 0 Å². The Bertz CT molecular complexity index is 3500. The Balaban J connectivity index is 0.802. The summed E-state index contributed by atoms with van der Waals surface area (Å²) in [5, 5.41) is 63.0. The average Bonchev–Trinajstić information content (AvgIpc) is 3.62. The molecule has 3 aliphatic rings. The SMILES string of the molecule is O=C(OCCCOc1cc(O)c(O)c2c1C(=O)c1ccccc1C2=O)c1cc(C(=O)OCCCOc2cc(O)c(O)c3c2C(=O)c2ccccc2C3=O)cc(C(=O)OCCCOc2cc(O)c(O)c3c2C(=O)c2ccccc2C3=O)c1. The molecule has 0 aromatic heterocycles. The number of fused-ring (bicyclic) bond motifs is 6. The van der Waals surface area contributed by atoms with Crippen molar-refractivity contribution < 1.29 is 102 Å². The smallest absolute Gasteiger partial charge is 0.338 e. The standard InChI is InChI=1S/C60H42O21/c61-37-25-40(43-46(55(37)70)52(67)34-13-4-1-10-31(34)49(43)64)76-16-7-19-79-58(73)28-22-29(59(74)80-20-8-17-77-41-26-38(62)56(71)47-44(41)50(65)32-11-2-5-14-35(32)53(47)68)24-30(23-28)60(75)81-21-9-18-78-42-27-39(63)57(72)48-45(42)51(66)33-12-3-6-15-36(33)54(48)69/h1-6,10-15,22-27,61-63,70-72H,7-9,16-21H2. The quantitative estimate of drug-likeness (QED) is 0.0215. The van der Waals surface area contributed by atoms with Crippen molar-refractivity contribution in [2.24, 2.45) is 0 Å². The largest absolute Gasteiger partial charge is 0.504 e. The fourth-order valence-electron chi connectivity index (χ4n) is 9.48. The highest BCUT2D eigenvalue weighted by Gasteiger charge is 2.39. The molecule has 7 aromatic carbocycles. The highest BCUT2D eigenvalue weighted by atomic mass is 16.5. The number of rotatable bonds is 18. The van der Waals surface area contributed by atoms with E-state index in [2.05, 4.69) is 0 Å². The van der Waals surface area contributed by atoms with Crippen LogP contribution in [0.25, 0.3) is 0 Å². The van der Waals surface area contributed by atoms with E-state index in [-0.39, 0.29) is 143 Å². The number of aromatic hydroxyl groups is 6. The molecule has 0 amide bonds. The maximum absolute atomic E-state index is 13.6. The van der Waals surface area contributed by atoms with Gasteiger partial charge in [0.15, 0.2) is 69.2 Å². The number of ketones is 6. The fraction of sp³-hybridized carbons (Fsp3) is 0.150. The number of benzene rings is 7. The van der Waals surface area contributed by atoms with Crippen LogP contribution in [0.1, 0.15) is 146 Å². The Morgan fingerprint density at radius 1 is 0.309 bits per heavy atom. The van der Waals surface area contributed by atoms with Crippen molar-refractivity contribution in [3.8, 4) is 51.7 Å². The summed E-state index contributed by atoms with van der Waals surface area (Å²) in [4.78, 5) is 121. The van der Waals surface area contributed by atoms with Crippen LogP contribution in [0, 0.1) is 0 Å². The van der Waals surface area contributed by atoms with Crippen LogP contribution in [-0.2, 0) is 14.2 Å². The molecule has 0 atom stereocenters. The van der Waals surface area contributed by atoms with Gasteiger partial charge in [-0.25, -0.2) is 14.4 Å². The predicted molar refractivity (Wildman–Crippen MR) is 277 cm³/mol. The van der Waals surface area contributed by atoms with E-state index < -0.39 is 104 Å². The zero-order valence-electron chi connectivity index (χ0n) is 42.1. The van der Waals surface area contributed by atoms with Gasteiger partial charge in [0.1, 0.15) is 17.2 Å². The molecule has 81 heavy (non-hydrogen) atoms. The molecule has 0 spiro atoms. The lowest BCUT2D eigenvalue weighted by Gasteiger charge is -2.21. The minimum Gasteiger partial charge on any atom is -0.504 e. The molecule has 0 fully saturated rings. The first-order valence-corrected chi connectivity index (χ1v) is 24.8. The maximum atomic E-state index is 13.6. The third-order valence-corrected chi connectivity index (χ3v) is 13.3. The lowest BCUT2D eigenvalue weighted by Crippen LogP contribution is -2.22. The Kier molecular flexibility index (Phi) is 14.5. The molecule has 0 radical (unpaired) electrons. The number of carbonyl (C=O) groups is 9. The van der Waals surface area contributed by atoms with E-state index in [9.17, 15) is 73.8 Å². The first kappa shape index (κ1) is 53.6. The van der Waals surface area contributed by atoms with Crippen molar-refractivity contribution >= 4 is 52.6 Å². The van der Waals surface area contributed by atoms with Crippen LogP contribution in [0.3, 0.4) is 0 Å². The minimum absolute atomic E-state index is 0.0240. The van der Waals surface area contributed by atoms with Gasteiger partial charge < -0.3 is 59.1 Å². The van der Waals surface area contributed by atoms with Gasteiger partial charge in [-0.3, -0.25) is 28.8 Å². The Morgan fingerprint density at radius 2 is 0.531 bits per heavy atom. The van der Waals surface area contributed by atoms with E-state index in [4.69, 9.17) is 28.4 Å². The normalized spacial score (nSPS) is 12.7. The van der Waals surface area contributed by atoms with Crippen molar-refractivity contribution in [3.05, 3.63) is 193 Å². The summed E-state index contributed by atoms with van der Waals surface area (Å²) in [6.45, 7) is -1.79. The van der Waals surface area contributed by atoms with Gasteiger partial charge in [-0.1, -0.05) is 72.8 Å². The third kappa shape index (κ3) is 9.83. The Morgan fingerprint density at radius 3 is 0.765 bits per heavy atom. The molecule has 7 aromatic rings. The summed E-state index contributed by atoms with van der Waals surface area (Å²) < 4.78 is 33.6. The van der Waals surface area contributed by atoms with Gasteiger partial charge in [0.05, 0.1) is 89.7 Å². The van der Waals surface area contributed by atoms with E-state index in [1.54, 1.807) is 18.2 Å². The molecule has 21 nitrogen and oxygen atoms in total. The molecule has 0 saturated heterocycles. The van der Waals surface area contributed by atoms with Gasteiger partial charge >= 0.3 is 17.9 Å². The van der Waals surface area contributed by atoms with Gasteiger partial charge in [-0.2, -0.15) is 0 Å². The number of hydrogen-bond donors (Lipinski definition) is 6.